The Bertz CT molecular complexity index is 965. The zero-order chi connectivity index (χ0) is 19.7. The molecule has 28 heavy (non-hydrogen) atoms. The molecule has 2 aliphatic heterocycles. The van der Waals surface area contributed by atoms with Crippen LogP contribution in [-0.2, 0) is 23.0 Å². The number of hydrogen-bond donors (Lipinski definition) is 2. The van der Waals surface area contributed by atoms with Crippen molar-refractivity contribution in [1.82, 2.24) is 19.6 Å². The van der Waals surface area contributed by atoms with Gasteiger partial charge in [0.25, 0.3) is 0 Å². The zero-order valence-corrected chi connectivity index (χ0v) is 17.4. The molecule has 0 aliphatic carbocycles. The van der Waals surface area contributed by atoms with Gasteiger partial charge in [0, 0.05) is 38.7 Å². The van der Waals surface area contributed by atoms with Crippen LogP contribution >= 0.6 is 11.6 Å². The minimum absolute atomic E-state index is 0.138. The van der Waals surface area contributed by atoms with Gasteiger partial charge in [-0.15, -0.1) is 0 Å². The van der Waals surface area contributed by atoms with E-state index in [0.717, 1.165) is 49.4 Å². The van der Waals surface area contributed by atoms with Crippen molar-refractivity contribution in [2.24, 2.45) is 0 Å². The Kier molecular flexibility index (Phi) is 5.55. The van der Waals surface area contributed by atoms with Crippen molar-refractivity contribution in [3.8, 4) is 0 Å². The van der Waals surface area contributed by atoms with Crippen LogP contribution in [0.4, 0.5) is 5.82 Å². The molecular formula is C19H24ClN5O2S. The van der Waals surface area contributed by atoms with Crippen LogP contribution in [0, 0.1) is 0 Å². The lowest BCUT2D eigenvalue weighted by Gasteiger charge is -2.34. The molecule has 2 aromatic rings. The van der Waals surface area contributed by atoms with Crippen molar-refractivity contribution in [2.45, 2.75) is 43.2 Å². The van der Waals surface area contributed by atoms with Gasteiger partial charge >= 0.3 is 0 Å². The standard InChI is InChI=1S/C19H24ClN5O2S/c1-21-18-13-12-22-10-9-15(13)23-19(24-18)16-7-4-5-11-25(16)28(26,27)17-8-3-2-6-14(17)20/h2-3,6,8,16,22H,4-5,7,9-12H2,1H3,(H,21,23,24). The van der Waals surface area contributed by atoms with Crippen molar-refractivity contribution < 1.29 is 8.42 Å². The molecule has 7 nitrogen and oxygen atoms in total. The Balaban J connectivity index is 1.77. The summed E-state index contributed by atoms with van der Waals surface area (Å²) in [6, 6.07) is 6.20. The summed E-state index contributed by atoms with van der Waals surface area (Å²) >= 11 is 6.21. The molecule has 1 atom stereocenters. The fourth-order valence-corrected chi connectivity index (χ4v) is 6.10. The third-order valence-electron chi connectivity index (χ3n) is 5.36. The lowest BCUT2D eigenvalue weighted by Crippen LogP contribution is -2.40. The molecule has 1 unspecified atom stereocenters. The normalized spacial score (nSPS) is 20.6. The first kappa shape index (κ1) is 19.6. The van der Waals surface area contributed by atoms with E-state index in [9.17, 15) is 8.42 Å². The number of nitrogens with zero attached hydrogens (tertiary/aromatic N) is 3. The largest absolute Gasteiger partial charge is 0.373 e. The summed E-state index contributed by atoms with van der Waals surface area (Å²) in [5, 5.41) is 6.72. The summed E-state index contributed by atoms with van der Waals surface area (Å²) in [5.74, 6) is 1.34. The Morgan fingerprint density at radius 3 is 2.86 bits per heavy atom. The second-order valence-electron chi connectivity index (χ2n) is 7.09. The van der Waals surface area contributed by atoms with Gasteiger partial charge in [-0.25, -0.2) is 18.4 Å². The second kappa shape index (κ2) is 7.94. The first-order chi connectivity index (χ1) is 13.5. The fraction of sp³-hybridized carbons (Fsp3) is 0.474. The van der Waals surface area contributed by atoms with Crippen LogP contribution in [0.2, 0.25) is 5.02 Å². The van der Waals surface area contributed by atoms with Crippen LogP contribution in [0.3, 0.4) is 0 Å². The number of anilines is 1. The van der Waals surface area contributed by atoms with Crippen molar-refractivity contribution in [3.05, 3.63) is 46.4 Å². The Hall–Kier alpha value is -1.74. The number of sulfonamides is 1. The van der Waals surface area contributed by atoms with Crippen molar-refractivity contribution in [2.75, 3.05) is 25.5 Å². The Morgan fingerprint density at radius 2 is 2.07 bits per heavy atom. The van der Waals surface area contributed by atoms with E-state index in [4.69, 9.17) is 21.6 Å². The molecular weight excluding hydrogens is 398 g/mol. The van der Waals surface area contributed by atoms with Crippen LogP contribution in [-0.4, -0.2) is 42.8 Å². The molecule has 0 saturated carbocycles. The predicted octanol–water partition coefficient (Wildman–Crippen LogP) is 2.73. The lowest BCUT2D eigenvalue weighted by molar-refractivity contribution is 0.246. The topological polar surface area (TPSA) is 87.2 Å². The van der Waals surface area contributed by atoms with Crippen LogP contribution in [0.15, 0.2) is 29.2 Å². The fourth-order valence-electron chi connectivity index (χ4n) is 3.95. The van der Waals surface area contributed by atoms with E-state index in [2.05, 4.69) is 10.6 Å². The third-order valence-corrected chi connectivity index (χ3v) is 7.77. The van der Waals surface area contributed by atoms with E-state index in [-0.39, 0.29) is 16.0 Å². The quantitative estimate of drug-likeness (QED) is 0.789. The SMILES string of the molecule is CNc1nc(C2CCCCN2S(=O)(=O)c2ccccc2Cl)nc2c1CNCC2. The van der Waals surface area contributed by atoms with E-state index in [1.807, 2.05) is 7.05 Å². The number of benzene rings is 1. The van der Waals surface area contributed by atoms with Gasteiger partial charge in [0.2, 0.25) is 10.0 Å². The maximum absolute atomic E-state index is 13.4. The second-order valence-corrected chi connectivity index (χ2v) is 9.36. The molecule has 150 valence electrons. The maximum Gasteiger partial charge on any atom is 0.245 e. The highest BCUT2D eigenvalue weighted by Crippen LogP contribution is 2.37. The van der Waals surface area contributed by atoms with Gasteiger partial charge in [-0.1, -0.05) is 30.2 Å². The molecule has 1 aromatic heterocycles. The molecule has 4 rings (SSSR count). The van der Waals surface area contributed by atoms with Gasteiger partial charge in [-0.05, 0) is 25.0 Å². The molecule has 0 radical (unpaired) electrons. The zero-order valence-electron chi connectivity index (χ0n) is 15.8. The monoisotopic (exact) mass is 421 g/mol. The minimum atomic E-state index is -3.74. The van der Waals surface area contributed by atoms with Gasteiger partial charge < -0.3 is 10.6 Å². The van der Waals surface area contributed by atoms with E-state index < -0.39 is 10.0 Å². The molecule has 1 aromatic carbocycles. The lowest BCUT2D eigenvalue weighted by atomic mass is 10.0. The number of halogens is 1. The molecule has 0 spiro atoms. The van der Waals surface area contributed by atoms with Crippen LogP contribution in [0.5, 0.6) is 0 Å². The van der Waals surface area contributed by atoms with E-state index in [1.54, 1.807) is 24.3 Å². The van der Waals surface area contributed by atoms with Crippen LogP contribution in [0.25, 0.3) is 0 Å². The summed E-state index contributed by atoms with van der Waals surface area (Å²) < 4.78 is 28.3. The molecule has 2 aliphatic rings. The number of hydrogen-bond acceptors (Lipinski definition) is 6. The van der Waals surface area contributed by atoms with Crippen LogP contribution in [0.1, 0.15) is 42.4 Å². The minimum Gasteiger partial charge on any atom is -0.373 e. The van der Waals surface area contributed by atoms with Gasteiger partial charge in [0.15, 0.2) is 0 Å². The van der Waals surface area contributed by atoms with Crippen LogP contribution < -0.4 is 10.6 Å². The Morgan fingerprint density at radius 1 is 1.25 bits per heavy atom. The molecule has 0 amide bonds. The number of rotatable bonds is 4. The number of nitrogens with one attached hydrogen (secondary N) is 2. The first-order valence-electron chi connectivity index (χ1n) is 9.57. The maximum atomic E-state index is 13.4. The average Bonchev–Trinajstić information content (AvgIpc) is 2.73. The number of fused-ring (bicyclic) bond motifs is 1. The molecule has 1 fully saturated rings. The average molecular weight is 422 g/mol. The number of aromatic nitrogens is 2. The summed E-state index contributed by atoms with van der Waals surface area (Å²) in [7, 11) is -1.91. The highest BCUT2D eigenvalue weighted by Gasteiger charge is 2.37. The molecule has 9 heteroatoms. The number of piperidine rings is 1. The van der Waals surface area contributed by atoms with Gasteiger partial charge in [-0.3, -0.25) is 0 Å². The highest BCUT2D eigenvalue weighted by molar-refractivity contribution is 7.89. The van der Waals surface area contributed by atoms with Crippen molar-refractivity contribution in [3.63, 3.8) is 0 Å². The predicted molar refractivity (Wildman–Crippen MR) is 109 cm³/mol. The molecule has 0 bridgehead atoms. The van der Waals surface area contributed by atoms with Gasteiger partial charge in [0.1, 0.15) is 16.5 Å². The first-order valence-corrected chi connectivity index (χ1v) is 11.4. The smallest absolute Gasteiger partial charge is 0.245 e. The third kappa shape index (κ3) is 3.50. The van der Waals surface area contributed by atoms with E-state index >= 15 is 0 Å². The Labute approximate surface area is 170 Å². The summed E-state index contributed by atoms with van der Waals surface area (Å²) in [6.07, 6.45) is 3.26. The van der Waals surface area contributed by atoms with E-state index in [0.29, 0.717) is 18.8 Å². The molecule has 2 N–H and O–H groups in total. The summed E-state index contributed by atoms with van der Waals surface area (Å²) in [6.45, 7) is 2.02. The van der Waals surface area contributed by atoms with Gasteiger partial charge in [-0.2, -0.15) is 4.31 Å². The molecule has 3 heterocycles. The van der Waals surface area contributed by atoms with Crippen molar-refractivity contribution in [1.29, 1.82) is 0 Å². The summed E-state index contributed by atoms with van der Waals surface area (Å²) in [5.41, 5.74) is 2.06. The van der Waals surface area contributed by atoms with E-state index in [1.165, 1.54) is 4.31 Å². The highest BCUT2D eigenvalue weighted by atomic mass is 35.5. The summed E-state index contributed by atoms with van der Waals surface area (Å²) in [4.78, 5) is 9.64. The molecule has 1 saturated heterocycles. The van der Waals surface area contributed by atoms with Gasteiger partial charge in [0.05, 0.1) is 16.8 Å². The van der Waals surface area contributed by atoms with Crippen molar-refractivity contribution >= 4 is 27.4 Å².